The predicted octanol–water partition coefficient (Wildman–Crippen LogP) is 1.14. The zero-order valence-corrected chi connectivity index (χ0v) is 10.7. The van der Waals surface area contributed by atoms with E-state index in [1.807, 2.05) is 30.9 Å². The van der Waals surface area contributed by atoms with Gasteiger partial charge in [-0.2, -0.15) is 11.8 Å². The molecule has 1 atom stereocenters. The lowest BCUT2D eigenvalue weighted by atomic mass is 10.2. The third-order valence-electron chi connectivity index (χ3n) is 2.84. The van der Waals surface area contributed by atoms with Gasteiger partial charge in [-0.25, -0.2) is 0 Å². The molecular weight excluding hydrogens is 234 g/mol. The third kappa shape index (κ3) is 3.44. The Morgan fingerprint density at radius 3 is 3.00 bits per heavy atom. The fraction of sp³-hybridized carbons (Fsp3) is 0.500. The minimum absolute atomic E-state index is 0.149. The number of thioether (sulfide) groups is 1. The summed E-state index contributed by atoms with van der Waals surface area (Å²) in [6.07, 6.45) is 3.97. The number of nitrogens with one attached hydrogen (secondary N) is 1. The van der Waals surface area contributed by atoms with Gasteiger partial charge in [0.1, 0.15) is 0 Å². The molecule has 2 rings (SSSR count). The molecule has 1 aromatic heterocycles. The van der Waals surface area contributed by atoms with Gasteiger partial charge >= 0.3 is 0 Å². The molecule has 1 fully saturated rings. The monoisotopic (exact) mass is 251 g/mol. The summed E-state index contributed by atoms with van der Waals surface area (Å²) >= 11 is 1.91. The molecule has 2 heterocycles. The van der Waals surface area contributed by atoms with Crippen LogP contribution < -0.4 is 10.2 Å². The van der Waals surface area contributed by atoms with E-state index in [0.29, 0.717) is 12.5 Å². The maximum absolute atomic E-state index is 12.1. The molecule has 92 valence electrons. The Labute approximate surface area is 106 Å². The first-order chi connectivity index (χ1) is 8.27. The number of anilines is 1. The van der Waals surface area contributed by atoms with Gasteiger partial charge in [0.05, 0.1) is 0 Å². The molecule has 0 bridgehead atoms. The van der Waals surface area contributed by atoms with Crippen molar-refractivity contribution in [2.24, 2.45) is 0 Å². The summed E-state index contributed by atoms with van der Waals surface area (Å²) in [5.41, 5.74) is 0.897. The van der Waals surface area contributed by atoms with Crippen LogP contribution in [0.4, 0.5) is 5.69 Å². The van der Waals surface area contributed by atoms with Crippen LogP contribution in [0.3, 0.4) is 0 Å². The van der Waals surface area contributed by atoms with E-state index in [0.717, 1.165) is 23.7 Å². The highest BCUT2D eigenvalue weighted by Crippen LogP contribution is 2.15. The van der Waals surface area contributed by atoms with Crippen LogP contribution in [0.1, 0.15) is 6.42 Å². The summed E-state index contributed by atoms with van der Waals surface area (Å²) in [6.45, 7) is 1.00. The van der Waals surface area contributed by atoms with Crippen molar-refractivity contribution in [3.05, 3.63) is 24.5 Å². The highest BCUT2D eigenvalue weighted by molar-refractivity contribution is 7.99. The number of hydrogen-bond acceptors (Lipinski definition) is 4. The fourth-order valence-electron chi connectivity index (χ4n) is 1.81. The van der Waals surface area contributed by atoms with Crippen molar-refractivity contribution in [3.8, 4) is 0 Å². The number of amides is 1. The van der Waals surface area contributed by atoms with E-state index in [-0.39, 0.29) is 5.91 Å². The summed E-state index contributed by atoms with van der Waals surface area (Å²) in [4.78, 5) is 17.7. The maximum Gasteiger partial charge on any atom is 0.228 e. The first-order valence-corrected chi connectivity index (χ1v) is 6.90. The molecule has 4 nitrogen and oxygen atoms in total. The number of carbonyl (C=O) groups excluding carboxylic acids is 1. The van der Waals surface area contributed by atoms with Gasteiger partial charge in [0, 0.05) is 55.6 Å². The fourth-order valence-corrected chi connectivity index (χ4v) is 2.76. The second-order valence-corrected chi connectivity index (χ2v) is 5.24. The number of carbonyl (C=O) groups is 1. The van der Waals surface area contributed by atoms with Gasteiger partial charge in [-0.3, -0.25) is 9.78 Å². The lowest BCUT2D eigenvalue weighted by Gasteiger charge is -2.25. The molecule has 0 aromatic carbocycles. The van der Waals surface area contributed by atoms with Crippen LogP contribution in [0.25, 0.3) is 0 Å². The van der Waals surface area contributed by atoms with Gasteiger partial charge in [0.25, 0.3) is 0 Å². The van der Waals surface area contributed by atoms with Crippen molar-refractivity contribution in [3.63, 3.8) is 0 Å². The van der Waals surface area contributed by atoms with Gasteiger partial charge in [-0.1, -0.05) is 0 Å². The third-order valence-corrected chi connectivity index (χ3v) is 3.97. The van der Waals surface area contributed by atoms with E-state index in [1.54, 1.807) is 17.3 Å². The molecule has 1 amide bonds. The predicted molar refractivity (Wildman–Crippen MR) is 71.4 cm³/mol. The van der Waals surface area contributed by atoms with Gasteiger partial charge in [-0.05, 0) is 12.1 Å². The summed E-state index contributed by atoms with van der Waals surface area (Å²) in [5.74, 6) is 2.32. The van der Waals surface area contributed by atoms with Gasteiger partial charge in [0.2, 0.25) is 5.91 Å². The van der Waals surface area contributed by atoms with Crippen molar-refractivity contribution in [1.29, 1.82) is 0 Å². The Hall–Kier alpha value is -1.07. The van der Waals surface area contributed by atoms with E-state index in [4.69, 9.17) is 0 Å². The minimum Gasteiger partial charge on any atom is -0.315 e. The van der Waals surface area contributed by atoms with Crippen LogP contribution in [0.15, 0.2) is 24.5 Å². The Morgan fingerprint density at radius 2 is 2.35 bits per heavy atom. The Kier molecular flexibility index (Phi) is 4.39. The number of rotatable bonds is 3. The van der Waals surface area contributed by atoms with Crippen LogP contribution in [-0.4, -0.2) is 42.0 Å². The topological polar surface area (TPSA) is 45.2 Å². The summed E-state index contributed by atoms with van der Waals surface area (Å²) < 4.78 is 0. The molecule has 0 saturated carbocycles. The number of hydrogen-bond donors (Lipinski definition) is 1. The number of aromatic nitrogens is 1. The van der Waals surface area contributed by atoms with Gasteiger partial charge in [-0.15, -0.1) is 0 Å². The van der Waals surface area contributed by atoms with E-state index in [2.05, 4.69) is 10.3 Å². The van der Waals surface area contributed by atoms with Gasteiger partial charge < -0.3 is 10.2 Å². The van der Waals surface area contributed by atoms with E-state index < -0.39 is 0 Å². The SMILES string of the molecule is CN(C(=O)CC1CSCCN1)c1ccncc1. The zero-order valence-electron chi connectivity index (χ0n) is 9.93. The van der Waals surface area contributed by atoms with Gasteiger partial charge in [0.15, 0.2) is 0 Å². The minimum atomic E-state index is 0.149. The molecule has 0 radical (unpaired) electrons. The quantitative estimate of drug-likeness (QED) is 0.875. The molecule has 1 aliphatic heterocycles. The van der Waals surface area contributed by atoms with Crippen LogP contribution in [0.2, 0.25) is 0 Å². The Morgan fingerprint density at radius 1 is 1.59 bits per heavy atom. The first kappa shape index (κ1) is 12.4. The molecule has 1 aliphatic rings. The van der Waals surface area contributed by atoms with Crippen LogP contribution in [0.5, 0.6) is 0 Å². The second-order valence-electron chi connectivity index (χ2n) is 4.09. The second kappa shape index (κ2) is 6.02. The van der Waals surface area contributed by atoms with Crippen LogP contribution >= 0.6 is 11.8 Å². The normalized spacial score (nSPS) is 19.9. The average molecular weight is 251 g/mol. The summed E-state index contributed by atoms with van der Waals surface area (Å²) in [5, 5.41) is 3.38. The molecular formula is C12H17N3OS. The summed E-state index contributed by atoms with van der Waals surface area (Å²) in [7, 11) is 1.81. The van der Waals surface area contributed by atoms with E-state index in [1.165, 1.54) is 0 Å². The molecule has 17 heavy (non-hydrogen) atoms. The van der Waals surface area contributed by atoms with E-state index in [9.17, 15) is 4.79 Å². The summed E-state index contributed by atoms with van der Waals surface area (Å²) in [6, 6.07) is 4.01. The highest BCUT2D eigenvalue weighted by atomic mass is 32.2. The van der Waals surface area contributed by atoms with Crippen molar-refractivity contribution in [2.45, 2.75) is 12.5 Å². The van der Waals surface area contributed by atoms with Crippen LogP contribution in [-0.2, 0) is 4.79 Å². The molecule has 1 aromatic rings. The molecule has 5 heteroatoms. The first-order valence-electron chi connectivity index (χ1n) is 5.75. The van der Waals surface area contributed by atoms with E-state index >= 15 is 0 Å². The molecule has 1 unspecified atom stereocenters. The van der Waals surface area contributed by atoms with Crippen LogP contribution in [0, 0.1) is 0 Å². The van der Waals surface area contributed by atoms with Crippen molar-refractivity contribution in [1.82, 2.24) is 10.3 Å². The standard InChI is InChI=1S/C12H17N3OS/c1-15(11-2-4-13-5-3-11)12(16)8-10-9-17-7-6-14-10/h2-5,10,14H,6-9H2,1H3. The Balaban J connectivity index is 1.91. The van der Waals surface area contributed by atoms with Crippen molar-refractivity contribution >= 4 is 23.4 Å². The van der Waals surface area contributed by atoms with Crippen molar-refractivity contribution < 1.29 is 4.79 Å². The molecule has 1 N–H and O–H groups in total. The highest BCUT2D eigenvalue weighted by Gasteiger charge is 2.19. The molecule has 0 spiro atoms. The number of nitrogens with zero attached hydrogens (tertiary/aromatic N) is 2. The Bertz CT molecular complexity index is 365. The maximum atomic E-state index is 12.1. The van der Waals surface area contributed by atoms with Crippen molar-refractivity contribution in [2.75, 3.05) is 30.0 Å². The molecule has 1 saturated heterocycles. The lowest BCUT2D eigenvalue weighted by Crippen LogP contribution is -2.41. The lowest BCUT2D eigenvalue weighted by molar-refractivity contribution is -0.118. The number of pyridine rings is 1. The molecule has 0 aliphatic carbocycles. The largest absolute Gasteiger partial charge is 0.315 e. The average Bonchev–Trinajstić information content (AvgIpc) is 2.40. The smallest absolute Gasteiger partial charge is 0.228 e. The zero-order chi connectivity index (χ0) is 12.1.